The zero-order valence-electron chi connectivity index (χ0n) is 11.6. The molecule has 5 nitrogen and oxygen atoms in total. The molecule has 0 aliphatic rings. The summed E-state index contributed by atoms with van der Waals surface area (Å²) in [7, 11) is 0. The second-order valence-corrected chi connectivity index (χ2v) is 5.66. The maximum Gasteiger partial charge on any atom is 0.471 e. The fraction of sp³-hybridized carbons (Fsp3) is 0.143. The Labute approximate surface area is 133 Å². The molecule has 0 atom stereocenters. The zero-order chi connectivity index (χ0) is 17.0. The number of nitrogen functional groups attached to an aromatic ring is 1. The molecule has 0 unspecified atom stereocenters. The molecule has 2 aromatic rings. The summed E-state index contributed by atoms with van der Waals surface area (Å²) in [5.74, 6) is -2.45. The third-order valence-electron chi connectivity index (χ3n) is 2.78. The van der Waals surface area contributed by atoms with Gasteiger partial charge in [0, 0.05) is 4.88 Å². The summed E-state index contributed by atoms with van der Waals surface area (Å²) < 4.78 is 36.2. The van der Waals surface area contributed by atoms with E-state index in [2.05, 4.69) is 5.32 Å². The number of para-hydroxylation sites is 2. The van der Waals surface area contributed by atoms with Crippen LogP contribution in [0.15, 0.2) is 36.4 Å². The molecule has 0 fully saturated rings. The lowest BCUT2D eigenvalue weighted by Gasteiger charge is -2.07. The SMILES string of the molecule is Nc1ccccc1NC(=O)c1ccc(CNC(=O)C(F)(F)F)s1. The Hall–Kier alpha value is -2.55. The highest BCUT2D eigenvalue weighted by Gasteiger charge is 2.38. The van der Waals surface area contributed by atoms with Crippen LogP contribution in [0.5, 0.6) is 0 Å². The van der Waals surface area contributed by atoms with Gasteiger partial charge in [0.2, 0.25) is 0 Å². The first-order chi connectivity index (χ1) is 10.8. The topological polar surface area (TPSA) is 84.2 Å². The van der Waals surface area contributed by atoms with Gasteiger partial charge in [-0.2, -0.15) is 13.2 Å². The average Bonchev–Trinajstić information content (AvgIpc) is 2.95. The number of hydrogen-bond acceptors (Lipinski definition) is 4. The van der Waals surface area contributed by atoms with Gasteiger partial charge in [-0.05, 0) is 24.3 Å². The summed E-state index contributed by atoms with van der Waals surface area (Å²) >= 11 is 0.984. The molecule has 9 heteroatoms. The van der Waals surface area contributed by atoms with E-state index >= 15 is 0 Å². The Morgan fingerprint density at radius 3 is 2.48 bits per heavy atom. The molecule has 0 saturated heterocycles. The Morgan fingerprint density at radius 2 is 1.83 bits per heavy atom. The van der Waals surface area contributed by atoms with Gasteiger partial charge in [0.05, 0.1) is 22.8 Å². The van der Waals surface area contributed by atoms with Crippen LogP contribution >= 0.6 is 11.3 Å². The number of carbonyl (C=O) groups is 2. The Balaban J connectivity index is 1.98. The van der Waals surface area contributed by atoms with E-state index in [1.54, 1.807) is 29.6 Å². The largest absolute Gasteiger partial charge is 0.471 e. The van der Waals surface area contributed by atoms with Gasteiger partial charge in [0.15, 0.2) is 0 Å². The van der Waals surface area contributed by atoms with Crippen LogP contribution in [-0.4, -0.2) is 18.0 Å². The van der Waals surface area contributed by atoms with E-state index in [-0.39, 0.29) is 6.54 Å². The van der Waals surface area contributed by atoms with Crippen molar-refractivity contribution in [3.63, 3.8) is 0 Å². The molecule has 0 aliphatic heterocycles. The summed E-state index contributed by atoms with van der Waals surface area (Å²) in [6.07, 6.45) is -4.93. The van der Waals surface area contributed by atoms with Crippen molar-refractivity contribution in [2.45, 2.75) is 12.7 Å². The monoisotopic (exact) mass is 343 g/mol. The average molecular weight is 343 g/mol. The number of hydrogen-bond donors (Lipinski definition) is 3. The van der Waals surface area contributed by atoms with Crippen molar-refractivity contribution in [2.75, 3.05) is 11.1 Å². The molecule has 2 rings (SSSR count). The van der Waals surface area contributed by atoms with Gasteiger partial charge in [-0.1, -0.05) is 12.1 Å². The number of rotatable bonds is 4. The zero-order valence-corrected chi connectivity index (χ0v) is 12.4. The molecule has 2 amide bonds. The van der Waals surface area contributed by atoms with E-state index in [0.29, 0.717) is 21.1 Å². The quantitative estimate of drug-likeness (QED) is 0.747. The van der Waals surface area contributed by atoms with Gasteiger partial charge in [-0.25, -0.2) is 0 Å². The Morgan fingerprint density at radius 1 is 1.13 bits per heavy atom. The van der Waals surface area contributed by atoms with Gasteiger partial charge in [-0.15, -0.1) is 11.3 Å². The summed E-state index contributed by atoms with van der Waals surface area (Å²) in [5.41, 5.74) is 6.55. The van der Waals surface area contributed by atoms with Crippen LogP contribution in [0.2, 0.25) is 0 Å². The van der Waals surface area contributed by atoms with Crippen molar-refractivity contribution in [1.29, 1.82) is 0 Å². The summed E-state index contributed by atoms with van der Waals surface area (Å²) in [4.78, 5) is 23.5. The maximum atomic E-state index is 12.1. The number of benzene rings is 1. The first-order valence-corrected chi connectivity index (χ1v) is 7.18. The van der Waals surface area contributed by atoms with Gasteiger partial charge in [0.25, 0.3) is 5.91 Å². The van der Waals surface area contributed by atoms with E-state index in [1.165, 1.54) is 12.1 Å². The van der Waals surface area contributed by atoms with Crippen LogP contribution in [0.3, 0.4) is 0 Å². The lowest BCUT2D eigenvalue weighted by atomic mass is 10.2. The minimum Gasteiger partial charge on any atom is -0.397 e. The van der Waals surface area contributed by atoms with Crippen molar-refractivity contribution in [2.24, 2.45) is 0 Å². The molecule has 1 aromatic heterocycles. The highest BCUT2D eigenvalue weighted by atomic mass is 32.1. The van der Waals surface area contributed by atoms with Gasteiger partial charge < -0.3 is 16.4 Å². The van der Waals surface area contributed by atoms with Crippen molar-refractivity contribution >= 4 is 34.5 Å². The molecule has 0 aliphatic carbocycles. The molecule has 0 radical (unpaired) electrons. The highest BCUT2D eigenvalue weighted by molar-refractivity contribution is 7.14. The Kier molecular flexibility index (Phi) is 4.89. The van der Waals surface area contributed by atoms with Gasteiger partial charge >= 0.3 is 12.1 Å². The number of nitrogens with two attached hydrogens (primary N) is 1. The lowest BCUT2D eigenvalue weighted by molar-refractivity contribution is -0.173. The number of anilines is 2. The van der Waals surface area contributed by atoms with E-state index in [4.69, 9.17) is 5.73 Å². The smallest absolute Gasteiger partial charge is 0.397 e. The maximum absolute atomic E-state index is 12.1. The first kappa shape index (κ1) is 16.8. The van der Waals surface area contributed by atoms with Crippen LogP contribution in [0.4, 0.5) is 24.5 Å². The second kappa shape index (κ2) is 6.69. The molecule has 0 spiro atoms. The molecular formula is C14H12F3N3O2S. The van der Waals surface area contributed by atoms with Crippen molar-refractivity contribution in [3.05, 3.63) is 46.2 Å². The fourth-order valence-corrected chi connectivity index (χ4v) is 2.50. The number of thiophene rings is 1. The van der Waals surface area contributed by atoms with Crippen LogP contribution in [0.1, 0.15) is 14.5 Å². The lowest BCUT2D eigenvalue weighted by Crippen LogP contribution is -2.36. The molecule has 0 saturated carbocycles. The molecule has 4 N–H and O–H groups in total. The highest BCUT2D eigenvalue weighted by Crippen LogP contribution is 2.22. The summed E-state index contributed by atoms with van der Waals surface area (Å²) in [6.45, 7) is -0.302. The third kappa shape index (κ3) is 4.46. The predicted octanol–water partition coefficient (Wildman–Crippen LogP) is 2.76. The minimum absolute atomic E-state index is 0.296. The number of carbonyl (C=O) groups excluding carboxylic acids is 2. The third-order valence-corrected chi connectivity index (χ3v) is 3.86. The van der Waals surface area contributed by atoms with E-state index < -0.39 is 18.0 Å². The molecule has 1 heterocycles. The number of alkyl halides is 3. The number of halogens is 3. The van der Waals surface area contributed by atoms with E-state index in [1.807, 2.05) is 0 Å². The number of amides is 2. The summed E-state index contributed by atoms with van der Waals surface area (Å²) in [5, 5.41) is 4.35. The van der Waals surface area contributed by atoms with Crippen molar-refractivity contribution in [1.82, 2.24) is 5.32 Å². The molecular weight excluding hydrogens is 331 g/mol. The Bertz CT molecular complexity index is 728. The molecule has 1 aromatic carbocycles. The predicted molar refractivity (Wildman–Crippen MR) is 81.0 cm³/mol. The number of nitrogens with one attached hydrogen (secondary N) is 2. The van der Waals surface area contributed by atoms with Crippen LogP contribution in [0.25, 0.3) is 0 Å². The van der Waals surface area contributed by atoms with Crippen LogP contribution < -0.4 is 16.4 Å². The molecule has 23 heavy (non-hydrogen) atoms. The first-order valence-electron chi connectivity index (χ1n) is 6.37. The van der Waals surface area contributed by atoms with E-state index in [0.717, 1.165) is 11.3 Å². The second-order valence-electron chi connectivity index (χ2n) is 4.49. The summed E-state index contributed by atoms with van der Waals surface area (Å²) in [6, 6.07) is 9.63. The van der Waals surface area contributed by atoms with Crippen LogP contribution in [0, 0.1) is 0 Å². The van der Waals surface area contributed by atoms with Crippen molar-refractivity contribution in [3.8, 4) is 0 Å². The normalized spacial score (nSPS) is 11.1. The fourth-order valence-electron chi connectivity index (χ4n) is 1.66. The van der Waals surface area contributed by atoms with Gasteiger partial charge in [0.1, 0.15) is 0 Å². The van der Waals surface area contributed by atoms with Crippen LogP contribution in [-0.2, 0) is 11.3 Å². The molecule has 0 bridgehead atoms. The molecule has 122 valence electrons. The minimum atomic E-state index is -4.93. The van der Waals surface area contributed by atoms with Gasteiger partial charge in [-0.3, -0.25) is 9.59 Å². The van der Waals surface area contributed by atoms with E-state index in [9.17, 15) is 22.8 Å². The van der Waals surface area contributed by atoms with Crippen molar-refractivity contribution < 1.29 is 22.8 Å². The standard InChI is InChI=1S/C14H12F3N3O2S/c15-14(16,17)13(22)19-7-8-5-6-11(23-8)12(21)20-10-4-2-1-3-9(10)18/h1-6H,7,18H2,(H,19,22)(H,20,21).